The number of ether oxygens (including phenoxy) is 1. The van der Waals surface area contributed by atoms with Crippen LogP contribution in [0.3, 0.4) is 0 Å². The molecule has 0 bridgehead atoms. The Bertz CT molecular complexity index is 975. The lowest BCUT2D eigenvalue weighted by atomic mass is 10.1. The van der Waals surface area contributed by atoms with Crippen molar-refractivity contribution < 1.29 is 17.9 Å². The Morgan fingerprint density at radius 3 is 2.55 bits per heavy atom. The molecule has 0 aliphatic carbocycles. The first-order chi connectivity index (χ1) is 13.8. The van der Waals surface area contributed by atoms with E-state index in [4.69, 9.17) is 16.3 Å². The molecule has 29 heavy (non-hydrogen) atoms. The summed E-state index contributed by atoms with van der Waals surface area (Å²) in [5, 5.41) is 3.04. The number of amides is 1. The Morgan fingerprint density at radius 2 is 1.86 bits per heavy atom. The summed E-state index contributed by atoms with van der Waals surface area (Å²) in [6, 6.07) is 12.5. The van der Waals surface area contributed by atoms with Gasteiger partial charge in [-0.3, -0.25) is 14.4 Å². The molecular weight excluding hydrogens is 414 g/mol. The van der Waals surface area contributed by atoms with Gasteiger partial charge in [0.2, 0.25) is 10.0 Å². The van der Waals surface area contributed by atoms with Gasteiger partial charge >= 0.3 is 0 Å². The van der Waals surface area contributed by atoms with Gasteiger partial charge in [0, 0.05) is 31.9 Å². The summed E-state index contributed by atoms with van der Waals surface area (Å²) in [5.41, 5.74) is 2.78. The number of morpholine rings is 1. The highest BCUT2D eigenvalue weighted by Gasteiger charge is 2.13. The molecule has 156 valence electrons. The number of sulfonamides is 1. The average Bonchev–Trinajstić information content (AvgIpc) is 2.66. The molecule has 0 atom stereocenters. The third-order valence-corrected chi connectivity index (χ3v) is 5.39. The van der Waals surface area contributed by atoms with E-state index < -0.39 is 10.0 Å². The minimum atomic E-state index is -3.41. The number of halogens is 1. The fourth-order valence-corrected chi connectivity index (χ4v) is 3.93. The summed E-state index contributed by atoms with van der Waals surface area (Å²) >= 11 is 6.16. The quantitative estimate of drug-likeness (QED) is 0.694. The van der Waals surface area contributed by atoms with Gasteiger partial charge in [-0.2, -0.15) is 0 Å². The normalized spacial score (nSPS) is 15.1. The van der Waals surface area contributed by atoms with E-state index >= 15 is 0 Å². The van der Waals surface area contributed by atoms with Crippen LogP contribution in [0.5, 0.6) is 0 Å². The zero-order chi connectivity index (χ0) is 20.9. The number of nitrogens with one attached hydrogen (secondary N) is 2. The van der Waals surface area contributed by atoms with Crippen molar-refractivity contribution in [2.24, 2.45) is 0 Å². The van der Waals surface area contributed by atoms with Gasteiger partial charge in [0.05, 0.1) is 30.1 Å². The maximum atomic E-state index is 12.5. The predicted octanol–water partition coefficient (Wildman–Crippen LogP) is 2.47. The first-order valence-corrected chi connectivity index (χ1v) is 11.5. The van der Waals surface area contributed by atoms with Gasteiger partial charge in [-0.1, -0.05) is 35.9 Å². The Balaban J connectivity index is 1.59. The van der Waals surface area contributed by atoms with Crippen LogP contribution in [0.25, 0.3) is 0 Å². The van der Waals surface area contributed by atoms with E-state index in [2.05, 4.69) is 27.1 Å². The molecule has 0 saturated carbocycles. The largest absolute Gasteiger partial charge is 0.379 e. The van der Waals surface area contributed by atoms with Crippen molar-refractivity contribution in [1.82, 2.24) is 10.2 Å². The maximum Gasteiger partial charge on any atom is 0.253 e. The highest BCUT2D eigenvalue weighted by Crippen LogP contribution is 2.22. The van der Waals surface area contributed by atoms with E-state index in [1.54, 1.807) is 0 Å². The zero-order valence-electron chi connectivity index (χ0n) is 16.2. The zero-order valence-corrected chi connectivity index (χ0v) is 17.7. The Morgan fingerprint density at radius 1 is 1.14 bits per heavy atom. The third kappa shape index (κ3) is 6.71. The number of hydrogen-bond donors (Lipinski definition) is 2. The molecule has 0 radical (unpaired) electrons. The summed E-state index contributed by atoms with van der Waals surface area (Å²) < 4.78 is 30.3. The second-order valence-electron chi connectivity index (χ2n) is 6.96. The molecular formula is C20H24ClN3O4S. The van der Waals surface area contributed by atoms with Crippen molar-refractivity contribution in [3.63, 3.8) is 0 Å². The monoisotopic (exact) mass is 437 g/mol. The van der Waals surface area contributed by atoms with Crippen molar-refractivity contribution in [1.29, 1.82) is 0 Å². The average molecular weight is 438 g/mol. The van der Waals surface area contributed by atoms with Crippen molar-refractivity contribution in [2.45, 2.75) is 13.1 Å². The van der Waals surface area contributed by atoms with E-state index in [1.165, 1.54) is 23.8 Å². The van der Waals surface area contributed by atoms with Gasteiger partial charge in [-0.05, 0) is 29.3 Å². The van der Waals surface area contributed by atoms with Gasteiger partial charge in [-0.15, -0.1) is 0 Å². The number of hydrogen-bond acceptors (Lipinski definition) is 5. The molecule has 2 aromatic carbocycles. The van der Waals surface area contributed by atoms with E-state index in [0.717, 1.165) is 44.7 Å². The lowest BCUT2D eigenvalue weighted by Crippen LogP contribution is -2.35. The van der Waals surface area contributed by atoms with E-state index in [1.807, 2.05) is 12.1 Å². The molecule has 1 fully saturated rings. The fraction of sp³-hybridized carbons (Fsp3) is 0.350. The number of nitrogens with zero attached hydrogens (tertiary/aromatic N) is 1. The van der Waals surface area contributed by atoms with Gasteiger partial charge in [0.25, 0.3) is 5.91 Å². The van der Waals surface area contributed by atoms with Crippen molar-refractivity contribution in [2.75, 3.05) is 37.3 Å². The SMILES string of the molecule is CS(=O)(=O)Nc1ccc(C(=O)NCc2cccc(CN3CCOCC3)c2)c(Cl)c1. The topological polar surface area (TPSA) is 87.7 Å². The summed E-state index contributed by atoms with van der Waals surface area (Å²) in [6.45, 7) is 4.58. The maximum absolute atomic E-state index is 12.5. The van der Waals surface area contributed by atoms with Gasteiger partial charge < -0.3 is 10.1 Å². The Kier molecular flexibility index (Phi) is 7.13. The van der Waals surface area contributed by atoms with Crippen LogP contribution in [0.1, 0.15) is 21.5 Å². The molecule has 1 aliphatic rings. The molecule has 1 saturated heterocycles. The molecule has 1 amide bonds. The summed E-state index contributed by atoms with van der Waals surface area (Å²) in [5.74, 6) is -0.320. The fourth-order valence-electron chi connectivity index (χ4n) is 3.11. The van der Waals surface area contributed by atoms with Crippen LogP contribution in [0.2, 0.25) is 5.02 Å². The predicted molar refractivity (Wildman–Crippen MR) is 114 cm³/mol. The second-order valence-corrected chi connectivity index (χ2v) is 9.12. The van der Waals surface area contributed by atoms with Crippen LogP contribution >= 0.6 is 11.6 Å². The minimum absolute atomic E-state index is 0.178. The first-order valence-electron chi connectivity index (χ1n) is 9.23. The Hall–Kier alpha value is -2.13. The van der Waals surface area contributed by atoms with Crippen LogP contribution in [-0.4, -0.2) is 51.8 Å². The smallest absolute Gasteiger partial charge is 0.253 e. The Labute approximate surface area is 176 Å². The molecule has 2 N–H and O–H groups in total. The van der Waals surface area contributed by atoms with Crippen LogP contribution in [-0.2, 0) is 27.8 Å². The summed E-state index contributed by atoms with van der Waals surface area (Å²) in [7, 11) is -3.41. The van der Waals surface area contributed by atoms with Crippen LogP contribution < -0.4 is 10.0 Å². The van der Waals surface area contributed by atoms with Crippen molar-refractivity contribution in [3.8, 4) is 0 Å². The summed E-state index contributed by atoms with van der Waals surface area (Å²) in [6.07, 6.45) is 1.05. The van der Waals surface area contributed by atoms with E-state index in [0.29, 0.717) is 12.2 Å². The number of rotatable bonds is 7. The lowest BCUT2D eigenvalue weighted by Gasteiger charge is -2.26. The van der Waals surface area contributed by atoms with Crippen LogP contribution in [0, 0.1) is 0 Å². The second kappa shape index (κ2) is 9.58. The van der Waals surface area contributed by atoms with Crippen molar-refractivity contribution in [3.05, 3.63) is 64.2 Å². The third-order valence-electron chi connectivity index (χ3n) is 4.47. The number of carbonyl (C=O) groups excluding carboxylic acids is 1. The molecule has 2 aromatic rings. The molecule has 0 aromatic heterocycles. The van der Waals surface area contributed by atoms with Gasteiger partial charge in [0.15, 0.2) is 0 Å². The first kappa shape index (κ1) is 21.6. The van der Waals surface area contributed by atoms with Crippen molar-refractivity contribution >= 4 is 33.2 Å². The number of anilines is 1. The standard InChI is InChI=1S/C20H24ClN3O4S/c1-29(26,27)23-17-5-6-18(19(21)12-17)20(25)22-13-15-3-2-4-16(11-15)14-24-7-9-28-10-8-24/h2-6,11-12,23H,7-10,13-14H2,1H3,(H,22,25). The molecule has 0 spiro atoms. The molecule has 1 heterocycles. The summed E-state index contributed by atoms with van der Waals surface area (Å²) in [4.78, 5) is 14.8. The number of carbonyl (C=O) groups is 1. The minimum Gasteiger partial charge on any atom is -0.379 e. The van der Waals surface area contributed by atoms with Crippen LogP contribution in [0.4, 0.5) is 5.69 Å². The van der Waals surface area contributed by atoms with Crippen LogP contribution in [0.15, 0.2) is 42.5 Å². The van der Waals surface area contributed by atoms with E-state index in [-0.39, 0.29) is 16.5 Å². The number of benzene rings is 2. The lowest BCUT2D eigenvalue weighted by molar-refractivity contribution is 0.0342. The molecule has 9 heteroatoms. The molecule has 7 nitrogen and oxygen atoms in total. The molecule has 0 unspecified atom stereocenters. The highest BCUT2D eigenvalue weighted by molar-refractivity contribution is 7.92. The van der Waals surface area contributed by atoms with Gasteiger partial charge in [-0.25, -0.2) is 8.42 Å². The van der Waals surface area contributed by atoms with Gasteiger partial charge in [0.1, 0.15) is 0 Å². The molecule has 3 rings (SSSR count). The van der Waals surface area contributed by atoms with E-state index in [9.17, 15) is 13.2 Å². The highest BCUT2D eigenvalue weighted by atomic mass is 35.5. The molecule has 1 aliphatic heterocycles.